The highest BCUT2D eigenvalue weighted by Gasteiger charge is 2.06. The molecule has 0 aliphatic heterocycles. The second kappa shape index (κ2) is 7.93. The van der Waals surface area contributed by atoms with Crippen LogP contribution in [0.25, 0.3) is 0 Å². The Kier molecular flexibility index (Phi) is 6.85. The number of methoxy groups -OCH3 is 1. The minimum Gasteiger partial charge on any atom is -0.492 e. The molecule has 16 heavy (non-hydrogen) atoms. The molecule has 0 N–H and O–H groups in total. The molecule has 0 heterocycles. The van der Waals surface area contributed by atoms with Crippen molar-refractivity contribution in [2.24, 2.45) is 0 Å². The van der Waals surface area contributed by atoms with Gasteiger partial charge in [0, 0.05) is 19.3 Å². The van der Waals surface area contributed by atoms with Crippen LogP contribution in [0.4, 0.5) is 0 Å². The molecule has 0 fully saturated rings. The van der Waals surface area contributed by atoms with Gasteiger partial charge in [0.05, 0.1) is 17.0 Å². The van der Waals surface area contributed by atoms with Crippen molar-refractivity contribution in [1.29, 1.82) is 0 Å². The van der Waals surface area contributed by atoms with Crippen molar-refractivity contribution in [2.45, 2.75) is 18.7 Å². The largest absolute Gasteiger partial charge is 0.492 e. The van der Waals surface area contributed by atoms with E-state index in [1.54, 1.807) is 7.11 Å². The van der Waals surface area contributed by atoms with Crippen molar-refractivity contribution in [2.75, 3.05) is 20.3 Å². The van der Waals surface area contributed by atoms with E-state index in [2.05, 4.69) is 15.9 Å². The SMILES string of the molecule is COCCCCOc1c(Br)cccc1CCl. The summed E-state index contributed by atoms with van der Waals surface area (Å²) < 4.78 is 11.7. The number of hydrogen-bond donors (Lipinski definition) is 0. The van der Waals surface area contributed by atoms with Crippen LogP contribution in [-0.4, -0.2) is 20.3 Å². The average Bonchev–Trinajstić information content (AvgIpc) is 2.30. The molecule has 0 aliphatic rings. The van der Waals surface area contributed by atoms with Crippen LogP contribution < -0.4 is 4.74 Å². The van der Waals surface area contributed by atoms with Crippen molar-refractivity contribution in [3.8, 4) is 5.75 Å². The Bertz CT molecular complexity index is 318. The Balaban J connectivity index is 2.46. The van der Waals surface area contributed by atoms with Crippen LogP contribution in [0.15, 0.2) is 22.7 Å². The standard InChI is InChI=1S/C12H16BrClO2/c1-15-7-2-3-8-16-12-10(9-14)5-4-6-11(12)13/h4-6H,2-3,7-9H2,1H3. The highest BCUT2D eigenvalue weighted by Crippen LogP contribution is 2.30. The van der Waals surface area contributed by atoms with E-state index in [0.717, 1.165) is 35.2 Å². The molecule has 0 bridgehead atoms. The van der Waals surface area contributed by atoms with Crippen molar-refractivity contribution < 1.29 is 9.47 Å². The van der Waals surface area contributed by atoms with E-state index < -0.39 is 0 Å². The third kappa shape index (κ3) is 4.32. The quantitative estimate of drug-likeness (QED) is 0.560. The number of hydrogen-bond acceptors (Lipinski definition) is 2. The molecule has 90 valence electrons. The van der Waals surface area contributed by atoms with E-state index in [9.17, 15) is 0 Å². The Hall–Kier alpha value is -0.250. The summed E-state index contributed by atoms with van der Waals surface area (Å²) in [5.41, 5.74) is 1.02. The van der Waals surface area contributed by atoms with Crippen molar-refractivity contribution in [3.05, 3.63) is 28.2 Å². The molecule has 1 aromatic carbocycles. The van der Waals surface area contributed by atoms with E-state index in [0.29, 0.717) is 12.5 Å². The summed E-state index contributed by atoms with van der Waals surface area (Å²) in [6.45, 7) is 1.47. The first kappa shape index (κ1) is 13.8. The van der Waals surface area contributed by atoms with Gasteiger partial charge in [-0.3, -0.25) is 0 Å². The summed E-state index contributed by atoms with van der Waals surface area (Å²) in [6, 6.07) is 5.89. The number of unbranched alkanes of at least 4 members (excludes halogenated alkanes) is 1. The molecule has 2 nitrogen and oxygen atoms in total. The van der Waals surface area contributed by atoms with E-state index in [1.807, 2.05) is 18.2 Å². The topological polar surface area (TPSA) is 18.5 Å². The van der Waals surface area contributed by atoms with Crippen LogP contribution >= 0.6 is 27.5 Å². The maximum atomic E-state index is 5.85. The molecule has 1 aromatic rings. The van der Waals surface area contributed by atoms with Crippen LogP contribution in [0.5, 0.6) is 5.75 Å². The first-order chi connectivity index (χ1) is 7.79. The third-order valence-corrected chi connectivity index (χ3v) is 3.09. The van der Waals surface area contributed by atoms with Gasteiger partial charge in [-0.15, -0.1) is 11.6 Å². The van der Waals surface area contributed by atoms with Crippen LogP contribution in [0.3, 0.4) is 0 Å². The molecule has 0 radical (unpaired) electrons. The zero-order chi connectivity index (χ0) is 11.8. The molecule has 0 amide bonds. The first-order valence-electron chi connectivity index (χ1n) is 5.24. The fraction of sp³-hybridized carbons (Fsp3) is 0.500. The maximum absolute atomic E-state index is 5.85. The van der Waals surface area contributed by atoms with Gasteiger partial charge >= 0.3 is 0 Å². The lowest BCUT2D eigenvalue weighted by atomic mass is 10.2. The summed E-state index contributed by atoms with van der Waals surface area (Å²) in [7, 11) is 1.71. The molecule has 0 aromatic heterocycles. The normalized spacial score (nSPS) is 10.4. The lowest BCUT2D eigenvalue weighted by Crippen LogP contribution is -2.02. The van der Waals surface area contributed by atoms with Crippen molar-refractivity contribution >= 4 is 27.5 Å². The molecule has 0 aliphatic carbocycles. The van der Waals surface area contributed by atoms with Gasteiger partial charge in [0.25, 0.3) is 0 Å². The van der Waals surface area contributed by atoms with E-state index >= 15 is 0 Å². The summed E-state index contributed by atoms with van der Waals surface area (Å²) in [5, 5.41) is 0. The van der Waals surface area contributed by atoms with Gasteiger partial charge in [0.2, 0.25) is 0 Å². The molecule has 4 heteroatoms. The molecule has 0 saturated heterocycles. The van der Waals surface area contributed by atoms with Gasteiger partial charge in [0.15, 0.2) is 0 Å². The Morgan fingerprint density at radius 1 is 1.25 bits per heavy atom. The maximum Gasteiger partial charge on any atom is 0.137 e. The molecule has 0 unspecified atom stereocenters. The highest BCUT2D eigenvalue weighted by molar-refractivity contribution is 9.10. The molecule has 0 atom stereocenters. The van der Waals surface area contributed by atoms with Gasteiger partial charge in [-0.2, -0.15) is 0 Å². The Labute approximate surface area is 110 Å². The zero-order valence-electron chi connectivity index (χ0n) is 9.34. The minimum absolute atomic E-state index is 0.465. The number of ether oxygens (including phenoxy) is 2. The molecule has 1 rings (SSSR count). The van der Waals surface area contributed by atoms with Crippen LogP contribution in [-0.2, 0) is 10.6 Å². The second-order valence-electron chi connectivity index (χ2n) is 3.41. The summed E-state index contributed by atoms with van der Waals surface area (Å²) in [4.78, 5) is 0. The smallest absolute Gasteiger partial charge is 0.137 e. The van der Waals surface area contributed by atoms with Crippen LogP contribution in [0.2, 0.25) is 0 Å². The molecular weight excluding hydrogens is 291 g/mol. The van der Waals surface area contributed by atoms with E-state index in [-0.39, 0.29) is 0 Å². The first-order valence-corrected chi connectivity index (χ1v) is 6.57. The van der Waals surface area contributed by atoms with Gasteiger partial charge in [-0.25, -0.2) is 0 Å². The van der Waals surface area contributed by atoms with Crippen LogP contribution in [0.1, 0.15) is 18.4 Å². The second-order valence-corrected chi connectivity index (χ2v) is 4.53. The van der Waals surface area contributed by atoms with Crippen LogP contribution in [0, 0.1) is 0 Å². The van der Waals surface area contributed by atoms with E-state index in [4.69, 9.17) is 21.1 Å². The number of alkyl halides is 1. The van der Waals surface area contributed by atoms with Gasteiger partial charge in [-0.1, -0.05) is 12.1 Å². The molecule has 0 spiro atoms. The predicted octanol–water partition coefficient (Wildman–Crippen LogP) is 3.99. The number of halogens is 2. The summed E-state index contributed by atoms with van der Waals surface area (Å²) in [6.07, 6.45) is 1.99. The summed E-state index contributed by atoms with van der Waals surface area (Å²) >= 11 is 9.31. The Morgan fingerprint density at radius 2 is 2.00 bits per heavy atom. The minimum atomic E-state index is 0.465. The van der Waals surface area contributed by atoms with Crippen molar-refractivity contribution in [1.82, 2.24) is 0 Å². The monoisotopic (exact) mass is 306 g/mol. The molecular formula is C12H16BrClO2. The third-order valence-electron chi connectivity index (χ3n) is 2.18. The number of para-hydroxylation sites is 1. The lowest BCUT2D eigenvalue weighted by Gasteiger charge is -2.11. The van der Waals surface area contributed by atoms with Gasteiger partial charge in [0.1, 0.15) is 5.75 Å². The number of benzene rings is 1. The summed E-state index contributed by atoms with van der Waals surface area (Å²) in [5.74, 6) is 1.32. The zero-order valence-corrected chi connectivity index (χ0v) is 11.7. The number of rotatable bonds is 7. The average molecular weight is 308 g/mol. The van der Waals surface area contributed by atoms with Crippen molar-refractivity contribution in [3.63, 3.8) is 0 Å². The fourth-order valence-electron chi connectivity index (χ4n) is 1.34. The molecule has 0 saturated carbocycles. The Morgan fingerprint density at radius 3 is 2.69 bits per heavy atom. The van der Waals surface area contributed by atoms with Gasteiger partial charge in [-0.05, 0) is 34.8 Å². The fourth-order valence-corrected chi connectivity index (χ4v) is 2.08. The lowest BCUT2D eigenvalue weighted by molar-refractivity contribution is 0.184. The van der Waals surface area contributed by atoms with E-state index in [1.165, 1.54) is 0 Å². The predicted molar refractivity (Wildman–Crippen MR) is 70.3 cm³/mol. The van der Waals surface area contributed by atoms with Gasteiger partial charge < -0.3 is 9.47 Å². The highest BCUT2D eigenvalue weighted by atomic mass is 79.9.